The Balaban J connectivity index is 1.13. The minimum atomic E-state index is 0.0775. The van der Waals surface area contributed by atoms with Crippen LogP contribution in [0.1, 0.15) is 54.2 Å². The largest absolute Gasteiger partial charge is 0.349 e. The van der Waals surface area contributed by atoms with Crippen molar-refractivity contribution in [1.82, 2.24) is 20.4 Å². The SMILES string of the molecule is Cc1ccc(-c2nc(CN3CCC(C(=O)NC4CCCc5ccccc54)CC3)no2)cc1. The second-order valence-electron chi connectivity index (χ2n) is 9.08. The molecule has 166 valence electrons. The maximum Gasteiger partial charge on any atom is 0.257 e. The zero-order valence-corrected chi connectivity index (χ0v) is 18.6. The summed E-state index contributed by atoms with van der Waals surface area (Å²) < 4.78 is 5.45. The van der Waals surface area contributed by atoms with Gasteiger partial charge in [0.05, 0.1) is 12.6 Å². The summed E-state index contributed by atoms with van der Waals surface area (Å²) in [6, 6.07) is 16.8. The highest BCUT2D eigenvalue weighted by molar-refractivity contribution is 5.79. The summed E-state index contributed by atoms with van der Waals surface area (Å²) in [5.74, 6) is 1.53. The third-order valence-electron chi connectivity index (χ3n) is 6.78. The molecule has 0 bridgehead atoms. The maximum absolute atomic E-state index is 13.0. The zero-order valence-electron chi connectivity index (χ0n) is 18.6. The van der Waals surface area contributed by atoms with Gasteiger partial charge in [-0.05, 0) is 75.4 Å². The number of rotatable bonds is 5. The summed E-state index contributed by atoms with van der Waals surface area (Å²) in [6.07, 6.45) is 5.01. The van der Waals surface area contributed by atoms with E-state index in [0.29, 0.717) is 18.3 Å². The van der Waals surface area contributed by atoms with E-state index in [1.807, 2.05) is 24.3 Å². The van der Waals surface area contributed by atoms with E-state index in [0.717, 1.165) is 50.8 Å². The monoisotopic (exact) mass is 430 g/mol. The number of fused-ring (bicyclic) bond motifs is 1. The third-order valence-corrected chi connectivity index (χ3v) is 6.78. The van der Waals surface area contributed by atoms with Gasteiger partial charge in [-0.1, -0.05) is 47.1 Å². The molecule has 6 nitrogen and oxygen atoms in total. The first-order chi connectivity index (χ1) is 15.7. The van der Waals surface area contributed by atoms with Gasteiger partial charge in [0.2, 0.25) is 5.91 Å². The topological polar surface area (TPSA) is 71.3 Å². The van der Waals surface area contributed by atoms with E-state index in [2.05, 4.69) is 51.5 Å². The quantitative estimate of drug-likeness (QED) is 0.647. The predicted octanol–water partition coefficient (Wildman–Crippen LogP) is 4.45. The summed E-state index contributed by atoms with van der Waals surface area (Å²) in [4.78, 5) is 19.8. The Labute approximate surface area is 189 Å². The number of benzene rings is 2. The van der Waals surface area contributed by atoms with E-state index in [1.165, 1.54) is 16.7 Å². The summed E-state index contributed by atoms with van der Waals surface area (Å²) in [7, 11) is 0. The normalized spacial score (nSPS) is 19.5. The number of piperidine rings is 1. The van der Waals surface area contributed by atoms with Gasteiger partial charge in [-0.2, -0.15) is 4.98 Å². The van der Waals surface area contributed by atoms with Gasteiger partial charge in [-0.15, -0.1) is 0 Å². The van der Waals surface area contributed by atoms with Crippen molar-refractivity contribution in [2.24, 2.45) is 5.92 Å². The van der Waals surface area contributed by atoms with Crippen LogP contribution in [-0.4, -0.2) is 34.0 Å². The number of amides is 1. The van der Waals surface area contributed by atoms with Gasteiger partial charge in [0.15, 0.2) is 5.82 Å². The molecule has 1 saturated heterocycles. The van der Waals surface area contributed by atoms with Gasteiger partial charge in [0.25, 0.3) is 5.89 Å². The number of aryl methyl sites for hydroxylation is 2. The van der Waals surface area contributed by atoms with Crippen LogP contribution in [0.25, 0.3) is 11.5 Å². The molecule has 0 radical (unpaired) electrons. The highest BCUT2D eigenvalue weighted by atomic mass is 16.5. The van der Waals surface area contributed by atoms with Crippen molar-refractivity contribution >= 4 is 5.91 Å². The Morgan fingerprint density at radius 1 is 1.09 bits per heavy atom. The van der Waals surface area contributed by atoms with Gasteiger partial charge in [-0.3, -0.25) is 9.69 Å². The van der Waals surface area contributed by atoms with Crippen molar-refractivity contribution < 1.29 is 9.32 Å². The minimum Gasteiger partial charge on any atom is -0.349 e. The highest BCUT2D eigenvalue weighted by Crippen LogP contribution is 2.30. The molecular weight excluding hydrogens is 400 g/mol. The molecule has 2 aliphatic rings. The predicted molar refractivity (Wildman–Crippen MR) is 123 cm³/mol. The molecule has 1 amide bonds. The molecule has 1 aliphatic carbocycles. The molecule has 3 aromatic rings. The lowest BCUT2D eigenvalue weighted by atomic mass is 9.87. The van der Waals surface area contributed by atoms with E-state index < -0.39 is 0 Å². The second kappa shape index (κ2) is 9.25. The molecule has 1 N–H and O–H groups in total. The van der Waals surface area contributed by atoms with Crippen molar-refractivity contribution in [2.75, 3.05) is 13.1 Å². The lowest BCUT2D eigenvalue weighted by molar-refractivity contribution is -0.127. The van der Waals surface area contributed by atoms with Crippen molar-refractivity contribution in [3.05, 3.63) is 71.0 Å². The van der Waals surface area contributed by atoms with E-state index >= 15 is 0 Å². The molecule has 6 heteroatoms. The van der Waals surface area contributed by atoms with Crippen molar-refractivity contribution in [2.45, 2.75) is 51.6 Å². The van der Waals surface area contributed by atoms with Gasteiger partial charge in [0.1, 0.15) is 0 Å². The number of carbonyl (C=O) groups excluding carboxylic acids is 1. The summed E-state index contributed by atoms with van der Waals surface area (Å²) in [5, 5.41) is 7.49. The van der Waals surface area contributed by atoms with Crippen LogP contribution in [0.15, 0.2) is 53.1 Å². The van der Waals surface area contributed by atoms with Crippen LogP contribution in [0.4, 0.5) is 0 Å². The number of carbonyl (C=O) groups is 1. The van der Waals surface area contributed by atoms with Crippen molar-refractivity contribution in [3.63, 3.8) is 0 Å². The molecule has 1 aliphatic heterocycles. The van der Waals surface area contributed by atoms with Crippen LogP contribution < -0.4 is 5.32 Å². The molecule has 5 rings (SSSR count). The lowest BCUT2D eigenvalue weighted by Crippen LogP contribution is -2.42. The van der Waals surface area contributed by atoms with Crippen LogP contribution in [0, 0.1) is 12.8 Å². The summed E-state index contributed by atoms with van der Waals surface area (Å²) in [5.41, 5.74) is 4.82. The Bertz CT molecular complexity index is 1070. The lowest BCUT2D eigenvalue weighted by Gasteiger charge is -2.32. The van der Waals surface area contributed by atoms with Crippen molar-refractivity contribution in [1.29, 1.82) is 0 Å². The van der Waals surface area contributed by atoms with Crippen LogP contribution >= 0.6 is 0 Å². The van der Waals surface area contributed by atoms with E-state index in [9.17, 15) is 4.79 Å². The Morgan fingerprint density at radius 3 is 2.69 bits per heavy atom. The Hall–Kier alpha value is -2.99. The second-order valence-corrected chi connectivity index (χ2v) is 9.08. The molecule has 2 heterocycles. The van der Waals surface area contributed by atoms with Crippen LogP contribution in [0.3, 0.4) is 0 Å². The fourth-order valence-corrected chi connectivity index (χ4v) is 4.88. The maximum atomic E-state index is 13.0. The standard InChI is InChI=1S/C26H30N4O2/c1-18-9-11-21(12-10-18)26-28-24(29-32-26)17-30-15-13-20(14-16-30)25(31)27-23-8-4-6-19-5-2-3-7-22(19)23/h2-3,5,7,9-12,20,23H,4,6,8,13-17H2,1H3,(H,27,31). The summed E-state index contributed by atoms with van der Waals surface area (Å²) >= 11 is 0. The molecule has 32 heavy (non-hydrogen) atoms. The number of aromatic nitrogens is 2. The van der Waals surface area contributed by atoms with E-state index in [4.69, 9.17) is 4.52 Å². The number of hydrogen-bond acceptors (Lipinski definition) is 5. The molecular formula is C26H30N4O2. The first-order valence-electron chi connectivity index (χ1n) is 11.7. The van der Waals surface area contributed by atoms with Gasteiger partial charge in [-0.25, -0.2) is 0 Å². The van der Waals surface area contributed by atoms with Crippen LogP contribution in [-0.2, 0) is 17.8 Å². The smallest absolute Gasteiger partial charge is 0.257 e. The molecule has 2 aromatic carbocycles. The molecule has 1 unspecified atom stereocenters. The molecule has 0 saturated carbocycles. The van der Waals surface area contributed by atoms with E-state index in [-0.39, 0.29) is 17.9 Å². The van der Waals surface area contributed by atoms with Gasteiger partial charge < -0.3 is 9.84 Å². The first kappa shape index (κ1) is 20.9. The van der Waals surface area contributed by atoms with Crippen LogP contribution in [0.5, 0.6) is 0 Å². The molecule has 0 spiro atoms. The van der Waals surface area contributed by atoms with Crippen LogP contribution in [0.2, 0.25) is 0 Å². The fourth-order valence-electron chi connectivity index (χ4n) is 4.88. The van der Waals surface area contributed by atoms with E-state index in [1.54, 1.807) is 0 Å². The van der Waals surface area contributed by atoms with Crippen molar-refractivity contribution in [3.8, 4) is 11.5 Å². The third kappa shape index (κ3) is 4.60. The Kier molecular flexibility index (Phi) is 6.04. The minimum absolute atomic E-state index is 0.0775. The highest BCUT2D eigenvalue weighted by Gasteiger charge is 2.29. The number of nitrogens with zero attached hydrogens (tertiary/aromatic N) is 3. The average molecular weight is 431 g/mol. The summed E-state index contributed by atoms with van der Waals surface area (Å²) in [6.45, 7) is 4.45. The number of hydrogen-bond donors (Lipinski definition) is 1. The Morgan fingerprint density at radius 2 is 1.88 bits per heavy atom. The molecule has 1 atom stereocenters. The van der Waals surface area contributed by atoms with Gasteiger partial charge in [0, 0.05) is 11.5 Å². The zero-order chi connectivity index (χ0) is 21.9. The number of likely N-dealkylation sites (tertiary alicyclic amines) is 1. The molecule has 1 aromatic heterocycles. The average Bonchev–Trinajstić information content (AvgIpc) is 3.29. The number of nitrogens with one attached hydrogen (secondary N) is 1. The fraction of sp³-hybridized carbons (Fsp3) is 0.423. The van der Waals surface area contributed by atoms with Gasteiger partial charge >= 0.3 is 0 Å². The molecule has 1 fully saturated rings. The first-order valence-corrected chi connectivity index (χ1v) is 11.7.